The zero-order chi connectivity index (χ0) is 19.9. The molecule has 0 unspecified atom stereocenters. The Balaban J connectivity index is 1.67. The van der Waals surface area contributed by atoms with Crippen LogP contribution in [0.3, 0.4) is 0 Å². The van der Waals surface area contributed by atoms with Crippen LogP contribution in [0.25, 0.3) is 16.5 Å². The van der Waals surface area contributed by atoms with Crippen molar-refractivity contribution in [2.24, 2.45) is 0 Å². The maximum Gasteiger partial charge on any atom is 0.247 e. The van der Waals surface area contributed by atoms with Gasteiger partial charge in [-0.05, 0) is 49.6 Å². The summed E-state index contributed by atoms with van der Waals surface area (Å²) in [6, 6.07) is 13.5. The molecule has 0 amide bonds. The molecule has 4 rings (SSSR count). The number of hydrogen-bond donors (Lipinski definition) is 1. The fourth-order valence-corrected chi connectivity index (χ4v) is 5.53. The van der Waals surface area contributed by atoms with Gasteiger partial charge in [0, 0.05) is 35.2 Å². The molecular weight excluding hydrogens is 372 g/mol. The highest BCUT2D eigenvalue weighted by Crippen LogP contribution is 2.34. The number of aryl methyl sites for hydroxylation is 2. The molecule has 6 heteroatoms. The second-order valence-corrected chi connectivity index (χ2v) is 9.07. The summed E-state index contributed by atoms with van der Waals surface area (Å²) in [5.74, 6) is 0.382. The molecule has 28 heavy (non-hydrogen) atoms. The van der Waals surface area contributed by atoms with Gasteiger partial charge in [0.1, 0.15) is 10.6 Å². The van der Waals surface area contributed by atoms with Gasteiger partial charge >= 0.3 is 0 Å². The van der Waals surface area contributed by atoms with E-state index in [1.807, 2.05) is 31.2 Å². The van der Waals surface area contributed by atoms with Crippen LogP contribution in [-0.4, -0.2) is 37.9 Å². The summed E-state index contributed by atoms with van der Waals surface area (Å²) in [5.41, 5.74) is 5.50. The number of aromatic amines is 1. The van der Waals surface area contributed by atoms with Crippen molar-refractivity contribution in [2.45, 2.75) is 25.2 Å². The summed E-state index contributed by atoms with van der Waals surface area (Å²) in [7, 11) is -2.12. The number of nitrogens with zero attached hydrogens (tertiary/aromatic N) is 1. The Labute approximate surface area is 165 Å². The minimum Gasteiger partial charge on any atom is -0.495 e. The lowest BCUT2D eigenvalue weighted by Gasteiger charge is -2.27. The lowest BCUT2D eigenvalue weighted by molar-refractivity contribution is 0.395. The van der Waals surface area contributed by atoms with Gasteiger partial charge in [-0.25, -0.2) is 8.42 Å². The van der Waals surface area contributed by atoms with E-state index in [2.05, 4.69) is 24.0 Å². The zero-order valence-corrected chi connectivity index (χ0v) is 17.1. The summed E-state index contributed by atoms with van der Waals surface area (Å²) < 4.78 is 33.2. The van der Waals surface area contributed by atoms with Crippen molar-refractivity contribution in [3.05, 3.63) is 65.4 Å². The summed E-state index contributed by atoms with van der Waals surface area (Å²) >= 11 is 0. The van der Waals surface area contributed by atoms with Gasteiger partial charge in [-0.3, -0.25) is 0 Å². The summed E-state index contributed by atoms with van der Waals surface area (Å²) in [4.78, 5) is 3.66. The van der Waals surface area contributed by atoms with Crippen LogP contribution < -0.4 is 4.74 Å². The molecule has 1 aliphatic rings. The molecule has 1 aromatic heterocycles. The van der Waals surface area contributed by atoms with Crippen molar-refractivity contribution >= 4 is 26.5 Å². The lowest BCUT2D eigenvalue weighted by atomic mass is 9.97. The maximum absolute atomic E-state index is 13.2. The zero-order valence-electron chi connectivity index (χ0n) is 16.3. The molecule has 2 heterocycles. The second-order valence-electron chi connectivity index (χ2n) is 7.17. The first-order chi connectivity index (χ1) is 13.4. The average Bonchev–Trinajstić information content (AvgIpc) is 3.03. The van der Waals surface area contributed by atoms with E-state index < -0.39 is 10.0 Å². The number of hydrogen-bond acceptors (Lipinski definition) is 3. The molecule has 0 saturated carbocycles. The van der Waals surface area contributed by atoms with Gasteiger partial charge in [0.15, 0.2) is 0 Å². The van der Waals surface area contributed by atoms with Gasteiger partial charge in [0.25, 0.3) is 0 Å². The van der Waals surface area contributed by atoms with Crippen LogP contribution in [0, 0.1) is 13.8 Å². The molecule has 0 saturated heterocycles. The molecule has 0 radical (unpaired) electrons. The molecule has 1 N–H and O–H groups in total. The highest BCUT2D eigenvalue weighted by atomic mass is 32.2. The Hall–Kier alpha value is -2.57. The molecule has 5 nitrogen and oxygen atoms in total. The van der Waals surface area contributed by atoms with Gasteiger partial charge in [-0.1, -0.05) is 30.3 Å². The Kier molecular flexibility index (Phi) is 4.77. The Bertz CT molecular complexity index is 1180. The topological polar surface area (TPSA) is 62.4 Å². The predicted octanol–water partition coefficient (Wildman–Crippen LogP) is 4.27. The molecule has 0 spiro atoms. The van der Waals surface area contributed by atoms with Crippen molar-refractivity contribution in [3.8, 4) is 5.75 Å². The SMILES string of the molecule is COc1ccc(C)cc1S(=O)(=O)N1CC=C(c2c(C)[nH]c3ccccc23)CC1. The van der Waals surface area contributed by atoms with E-state index in [1.165, 1.54) is 27.9 Å². The molecule has 0 bridgehead atoms. The van der Waals surface area contributed by atoms with Crippen LogP contribution >= 0.6 is 0 Å². The van der Waals surface area contributed by atoms with E-state index in [0.29, 0.717) is 25.3 Å². The van der Waals surface area contributed by atoms with Crippen LogP contribution in [0.5, 0.6) is 5.75 Å². The molecule has 0 fully saturated rings. The van der Waals surface area contributed by atoms with Gasteiger partial charge < -0.3 is 9.72 Å². The molecular formula is C22H24N2O3S. The summed E-state index contributed by atoms with van der Waals surface area (Å²) in [6.07, 6.45) is 2.71. The Morgan fingerprint density at radius 3 is 2.61 bits per heavy atom. The minimum atomic E-state index is -3.62. The molecule has 0 aliphatic carbocycles. The Morgan fingerprint density at radius 2 is 1.89 bits per heavy atom. The average molecular weight is 397 g/mol. The fraction of sp³-hybridized carbons (Fsp3) is 0.273. The van der Waals surface area contributed by atoms with E-state index in [1.54, 1.807) is 12.1 Å². The van der Waals surface area contributed by atoms with E-state index in [-0.39, 0.29) is 4.90 Å². The van der Waals surface area contributed by atoms with Crippen molar-refractivity contribution in [2.75, 3.05) is 20.2 Å². The molecule has 2 aromatic carbocycles. The number of fused-ring (bicyclic) bond motifs is 1. The maximum atomic E-state index is 13.2. The Morgan fingerprint density at radius 1 is 1.11 bits per heavy atom. The number of aromatic nitrogens is 1. The van der Waals surface area contributed by atoms with E-state index in [0.717, 1.165) is 16.8 Å². The van der Waals surface area contributed by atoms with Crippen LogP contribution in [0.1, 0.15) is 23.2 Å². The molecule has 146 valence electrons. The number of nitrogens with one attached hydrogen (secondary N) is 1. The number of sulfonamides is 1. The smallest absolute Gasteiger partial charge is 0.247 e. The summed E-state index contributed by atoms with van der Waals surface area (Å²) in [5, 5.41) is 1.18. The molecule has 3 aromatic rings. The second kappa shape index (κ2) is 7.11. The first kappa shape index (κ1) is 18.8. The normalized spacial score (nSPS) is 15.6. The first-order valence-electron chi connectivity index (χ1n) is 9.33. The number of benzene rings is 2. The number of H-pyrrole nitrogens is 1. The summed E-state index contributed by atoms with van der Waals surface area (Å²) in [6.45, 7) is 4.75. The monoisotopic (exact) mass is 396 g/mol. The fourth-order valence-electron chi connectivity index (χ4n) is 3.91. The van der Waals surface area contributed by atoms with Crippen LogP contribution in [0.2, 0.25) is 0 Å². The predicted molar refractivity (Wildman–Crippen MR) is 112 cm³/mol. The van der Waals surface area contributed by atoms with E-state index in [4.69, 9.17) is 4.74 Å². The number of rotatable bonds is 4. The van der Waals surface area contributed by atoms with Crippen molar-refractivity contribution in [1.29, 1.82) is 0 Å². The number of methoxy groups -OCH3 is 1. The third-order valence-electron chi connectivity index (χ3n) is 5.32. The largest absolute Gasteiger partial charge is 0.495 e. The van der Waals surface area contributed by atoms with Crippen molar-refractivity contribution < 1.29 is 13.2 Å². The van der Waals surface area contributed by atoms with Crippen LogP contribution in [-0.2, 0) is 10.0 Å². The van der Waals surface area contributed by atoms with Gasteiger partial charge in [0.05, 0.1) is 7.11 Å². The van der Waals surface area contributed by atoms with E-state index in [9.17, 15) is 8.42 Å². The minimum absolute atomic E-state index is 0.232. The quantitative estimate of drug-likeness (QED) is 0.716. The molecule has 0 atom stereocenters. The standard InChI is InChI=1S/C22H24N2O3S/c1-15-8-9-20(27-3)21(14-15)28(25,26)24-12-10-17(11-13-24)22-16(2)23-19-7-5-4-6-18(19)22/h4-10,14,23H,11-13H2,1-3H3. The highest BCUT2D eigenvalue weighted by molar-refractivity contribution is 7.89. The van der Waals surface area contributed by atoms with Crippen LogP contribution in [0.15, 0.2) is 53.4 Å². The van der Waals surface area contributed by atoms with Crippen molar-refractivity contribution in [3.63, 3.8) is 0 Å². The van der Waals surface area contributed by atoms with Gasteiger partial charge in [0.2, 0.25) is 10.0 Å². The number of para-hydroxylation sites is 1. The van der Waals surface area contributed by atoms with E-state index >= 15 is 0 Å². The third kappa shape index (κ3) is 3.12. The van der Waals surface area contributed by atoms with Crippen molar-refractivity contribution in [1.82, 2.24) is 9.29 Å². The van der Waals surface area contributed by atoms with Gasteiger partial charge in [-0.2, -0.15) is 4.31 Å². The highest BCUT2D eigenvalue weighted by Gasteiger charge is 2.30. The lowest BCUT2D eigenvalue weighted by Crippen LogP contribution is -2.35. The molecule has 1 aliphatic heterocycles. The third-order valence-corrected chi connectivity index (χ3v) is 7.21. The van der Waals surface area contributed by atoms with Gasteiger partial charge in [-0.15, -0.1) is 0 Å². The van der Waals surface area contributed by atoms with Crippen LogP contribution in [0.4, 0.5) is 0 Å². The first-order valence-corrected chi connectivity index (χ1v) is 10.8. The number of ether oxygens (including phenoxy) is 1.